The van der Waals surface area contributed by atoms with E-state index in [9.17, 15) is 18.4 Å². The van der Waals surface area contributed by atoms with Crippen molar-refractivity contribution in [3.05, 3.63) is 71.8 Å². The summed E-state index contributed by atoms with van der Waals surface area (Å²) in [5, 5.41) is 9.16. The molecule has 0 aromatic heterocycles. The van der Waals surface area contributed by atoms with Crippen LogP contribution in [0.1, 0.15) is 30.9 Å². The Bertz CT molecular complexity index is 1400. The lowest BCUT2D eigenvalue weighted by Crippen LogP contribution is -2.58. The van der Waals surface area contributed by atoms with E-state index in [1.807, 2.05) is 24.3 Å². The Morgan fingerprint density at radius 2 is 1.95 bits per heavy atom. The molecule has 0 saturated carbocycles. The molecule has 3 aromatic carbocycles. The molecule has 1 heterocycles. The van der Waals surface area contributed by atoms with Crippen LogP contribution >= 0.6 is 0 Å². The molecule has 1 saturated heterocycles. The normalized spacial score (nSPS) is 16.9. The number of nitrogens with zero attached hydrogens (tertiary/aromatic N) is 2. The number of nitrogen functional groups attached to an aromatic ring is 1. The molecule has 3 atom stereocenters. The van der Waals surface area contributed by atoms with Crippen LogP contribution in [0, 0.1) is 5.41 Å². The third-order valence-corrected chi connectivity index (χ3v) is 7.59. The maximum absolute atomic E-state index is 13.9. The first kappa shape index (κ1) is 28.1. The van der Waals surface area contributed by atoms with E-state index < -0.39 is 35.2 Å². The molecule has 4 rings (SSSR count). The average molecular weight is 552 g/mol. The molecule has 1 amide bonds. The fourth-order valence-corrected chi connectivity index (χ4v) is 5.62. The van der Waals surface area contributed by atoms with Crippen molar-refractivity contribution in [1.29, 1.82) is 5.41 Å². The topological polar surface area (TPSA) is 149 Å². The van der Waals surface area contributed by atoms with Crippen LogP contribution in [0.2, 0.25) is 0 Å². The molecule has 0 radical (unpaired) electrons. The Morgan fingerprint density at radius 3 is 2.59 bits per heavy atom. The number of ether oxygens (including phenoxy) is 2. The molecule has 3 unspecified atom stereocenters. The second-order valence-corrected chi connectivity index (χ2v) is 10.0. The first-order valence-electron chi connectivity index (χ1n) is 12.6. The van der Waals surface area contributed by atoms with E-state index in [1.54, 1.807) is 43.3 Å². The first-order chi connectivity index (χ1) is 18.7. The van der Waals surface area contributed by atoms with E-state index >= 15 is 0 Å². The number of nitrogens with one attached hydrogen (secondary N) is 1. The summed E-state index contributed by atoms with van der Waals surface area (Å²) in [5.41, 5.74) is 7.13. The predicted octanol–water partition coefficient (Wildman–Crippen LogP) is 2.90. The van der Waals surface area contributed by atoms with Gasteiger partial charge in [0.15, 0.2) is 0 Å². The van der Waals surface area contributed by atoms with E-state index in [0.29, 0.717) is 29.8 Å². The molecule has 39 heavy (non-hydrogen) atoms. The van der Waals surface area contributed by atoms with Gasteiger partial charge in [-0.2, -0.15) is 0 Å². The van der Waals surface area contributed by atoms with E-state index in [1.165, 1.54) is 12.0 Å². The Morgan fingerprint density at radius 1 is 1.23 bits per heavy atom. The van der Waals surface area contributed by atoms with Crippen LogP contribution in [0.25, 0.3) is 10.8 Å². The number of fused-ring (bicyclic) bond motifs is 1. The van der Waals surface area contributed by atoms with Crippen LogP contribution in [0.5, 0.6) is 5.75 Å². The van der Waals surface area contributed by atoms with Gasteiger partial charge in [0.05, 0.1) is 19.4 Å². The first-order valence-corrected chi connectivity index (χ1v) is 13.6. The van der Waals surface area contributed by atoms with Crippen LogP contribution in [-0.2, 0) is 32.0 Å². The van der Waals surface area contributed by atoms with Gasteiger partial charge in [0.1, 0.15) is 23.7 Å². The summed E-state index contributed by atoms with van der Waals surface area (Å²) >= 11 is -2.78. The molecular formula is C28H31N4O6S-. The third-order valence-electron chi connectivity index (χ3n) is 6.80. The molecule has 0 bridgehead atoms. The van der Waals surface area contributed by atoms with Crippen molar-refractivity contribution in [2.75, 3.05) is 24.6 Å². The minimum atomic E-state index is -2.78. The molecule has 206 valence electrons. The monoisotopic (exact) mass is 551 g/mol. The number of methoxy groups -OCH3 is 1. The number of hydrogen-bond donors (Lipinski definition) is 2. The summed E-state index contributed by atoms with van der Waals surface area (Å²) in [7, 11) is 1.50. The summed E-state index contributed by atoms with van der Waals surface area (Å²) in [5.74, 6) is -0.633. The second-order valence-electron chi connectivity index (χ2n) is 9.18. The van der Waals surface area contributed by atoms with Crippen molar-refractivity contribution in [2.45, 2.75) is 38.3 Å². The van der Waals surface area contributed by atoms with Crippen molar-refractivity contribution in [3.63, 3.8) is 0 Å². The highest BCUT2D eigenvalue weighted by molar-refractivity contribution is 7.80. The maximum atomic E-state index is 13.9. The number of carbonyl (C=O) groups is 2. The molecule has 1 aliphatic heterocycles. The van der Waals surface area contributed by atoms with Gasteiger partial charge in [0, 0.05) is 41.2 Å². The summed E-state index contributed by atoms with van der Waals surface area (Å²) < 4.78 is 37.0. The number of nitrogens with two attached hydrogens (primary N) is 1. The number of piperidine rings is 1. The standard InChI is InChI=1S/C28H32N4O6S/c1-3-38-28(34)24(15-18-10-12-19(13-11-18)26(29)30)31-14-6-9-23(27(31)33)32(39(35)36)21-16-20-7-4-5-8-22(20)25(17-21)37-2/h4-5,7-8,10-13,16-17,23-24H,3,6,9,14-15H2,1-2H3,(H3,29,30)(H,35,36)/p-1. The van der Waals surface area contributed by atoms with Gasteiger partial charge in [-0.25, -0.2) is 4.79 Å². The lowest BCUT2D eigenvalue weighted by molar-refractivity contribution is -0.156. The van der Waals surface area contributed by atoms with Crippen LogP contribution < -0.4 is 14.8 Å². The highest BCUT2D eigenvalue weighted by Crippen LogP contribution is 2.35. The van der Waals surface area contributed by atoms with Crippen LogP contribution in [0.3, 0.4) is 0 Å². The molecule has 3 aromatic rings. The SMILES string of the molecule is CCOC(=O)C(Cc1ccc(C(=N)N)cc1)N1CCCC(N(c2cc(OC)c3ccccc3c2)S(=O)[O-])C1=O. The Labute approximate surface area is 229 Å². The molecule has 0 spiro atoms. The summed E-state index contributed by atoms with van der Waals surface area (Å²) in [6.45, 7) is 2.11. The summed E-state index contributed by atoms with van der Waals surface area (Å²) in [6.07, 6.45) is 0.953. The molecule has 10 nitrogen and oxygen atoms in total. The number of rotatable bonds is 10. The minimum Gasteiger partial charge on any atom is -0.755 e. The highest BCUT2D eigenvalue weighted by atomic mass is 32.2. The van der Waals surface area contributed by atoms with Crippen molar-refractivity contribution in [2.24, 2.45) is 5.73 Å². The third kappa shape index (κ3) is 6.04. The lowest BCUT2D eigenvalue weighted by Gasteiger charge is -2.42. The van der Waals surface area contributed by atoms with Crippen molar-refractivity contribution in [1.82, 2.24) is 4.90 Å². The van der Waals surface area contributed by atoms with Gasteiger partial charge in [-0.15, -0.1) is 0 Å². The van der Waals surface area contributed by atoms with Gasteiger partial charge >= 0.3 is 5.97 Å². The number of likely N-dealkylation sites (tertiary alicyclic amines) is 1. The minimum absolute atomic E-state index is 0.0754. The molecule has 0 aliphatic carbocycles. The van der Waals surface area contributed by atoms with E-state index in [0.717, 1.165) is 20.6 Å². The van der Waals surface area contributed by atoms with Crippen LogP contribution in [-0.4, -0.2) is 63.7 Å². The number of hydrogen-bond acceptors (Lipinski definition) is 7. The van der Waals surface area contributed by atoms with Gasteiger partial charge in [0.25, 0.3) is 0 Å². The van der Waals surface area contributed by atoms with Gasteiger partial charge in [-0.3, -0.25) is 18.7 Å². The summed E-state index contributed by atoms with van der Waals surface area (Å²) in [6, 6.07) is 15.6. The van der Waals surface area contributed by atoms with Crippen molar-refractivity contribution >= 4 is 45.4 Å². The summed E-state index contributed by atoms with van der Waals surface area (Å²) in [4.78, 5) is 28.3. The number of anilines is 1. The smallest absolute Gasteiger partial charge is 0.329 e. The van der Waals surface area contributed by atoms with Crippen molar-refractivity contribution in [3.8, 4) is 5.75 Å². The van der Waals surface area contributed by atoms with E-state index in [2.05, 4.69) is 0 Å². The fourth-order valence-electron chi connectivity index (χ4n) is 4.94. The average Bonchev–Trinajstić information content (AvgIpc) is 2.92. The van der Waals surface area contributed by atoms with Gasteiger partial charge < -0.3 is 24.7 Å². The zero-order valence-corrected chi connectivity index (χ0v) is 22.6. The maximum Gasteiger partial charge on any atom is 0.329 e. The van der Waals surface area contributed by atoms with Crippen molar-refractivity contribution < 1.29 is 27.8 Å². The van der Waals surface area contributed by atoms with Crippen LogP contribution in [0.15, 0.2) is 60.7 Å². The second kappa shape index (κ2) is 12.3. The number of amides is 1. The van der Waals surface area contributed by atoms with Gasteiger partial charge in [-0.1, -0.05) is 48.5 Å². The molecule has 11 heteroatoms. The predicted molar refractivity (Wildman–Crippen MR) is 148 cm³/mol. The number of esters is 1. The quantitative estimate of drug-likeness (QED) is 0.170. The Kier molecular flexibility index (Phi) is 8.82. The number of amidine groups is 1. The molecule has 1 aliphatic rings. The zero-order chi connectivity index (χ0) is 28.1. The highest BCUT2D eigenvalue weighted by Gasteiger charge is 2.40. The molecular weight excluding hydrogens is 520 g/mol. The van der Waals surface area contributed by atoms with E-state index in [-0.39, 0.29) is 25.4 Å². The Balaban J connectivity index is 1.68. The lowest BCUT2D eigenvalue weighted by atomic mass is 9.97. The van der Waals surface area contributed by atoms with Gasteiger partial charge in [0.2, 0.25) is 5.91 Å². The zero-order valence-electron chi connectivity index (χ0n) is 21.8. The van der Waals surface area contributed by atoms with Crippen LogP contribution in [0.4, 0.5) is 5.69 Å². The molecule has 3 N–H and O–H groups in total. The largest absolute Gasteiger partial charge is 0.755 e. The fraction of sp³-hybridized carbons (Fsp3) is 0.321. The Hall–Kier alpha value is -3.96. The van der Waals surface area contributed by atoms with Gasteiger partial charge in [-0.05, 0) is 36.8 Å². The number of benzene rings is 3. The molecule has 1 fully saturated rings. The van der Waals surface area contributed by atoms with E-state index in [4.69, 9.17) is 20.6 Å². The number of carbonyl (C=O) groups excluding carboxylic acids is 2.